The number of ether oxygens (including phenoxy) is 1. The number of hydrogen-bond acceptors (Lipinski definition) is 4. The summed E-state index contributed by atoms with van der Waals surface area (Å²) in [6.45, 7) is 2.25. The molecule has 0 aliphatic carbocycles. The first-order valence-electron chi connectivity index (χ1n) is 6.52. The van der Waals surface area contributed by atoms with E-state index in [-0.39, 0.29) is 12.6 Å². The lowest BCUT2D eigenvalue weighted by atomic mass is 10.2. The summed E-state index contributed by atoms with van der Waals surface area (Å²) >= 11 is 1.48. The van der Waals surface area contributed by atoms with Crippen LogP contribution in [0.4, 0.5) is 0 Å². The molecule has 2 rings (SSSR count). The van der Waals surface area contributed by atoms with Crippen LogP contribution in [0.5, 0.6) is 0 Å². The van der Waals surface area contributed by atoms with Crippen molar-refractivity contribution in [1.82, 2.24) is 0 Å². The number of rotatable bonds is 5. The Hall–Kier alpha value is -2.25. The molecule has 0 heterocycles. The number of nitrogens with zero attached hydrogens (tertiary/aromatic N) is 1. The summed E-state index contributed by atoms with van der Waals surface area (Å²) in [4.78, 5) is 12.8. The molecule has 0 aromatic heterocycles. The zero-order valence-electron chi connectivity index (χ0n) is 11.7. The number of nitriles is 1. The highest BCUT2D eigenvalue weighted by Crippen LogP contribution is 2.21. The number of benzene rings is 2. The summed E-state index contributed by atoms with van der Waals surface area (Å²) < 4.78 is 5.22. The summed E-state index contributed by atoms with van der Waals surface area (Å²) in [5.74, 6) is 0.0498. The molecule has 0 fully saturated rings. The molecule has 2 aromatic rings. The van der Waals surface area contributed by atoms with Crippen LogP contribution in [-0.2, 0) is 16.1 Å². The standard InChI is InChI=1S/C17H15NO2S/c1-13-4-2-3-5-16(13)21-12-17(19)20-11-15-8-6-14(10-18)7-9-15/h2-9H,11-12H2,1H3. The highest BCUT2D eigenvalue weighted by Gasteiger charge is 2.06. The van der Waals surface area contributed by atoms with E-state index in [0.29, 0.717) is 11.3 Å². The fourth-order valence-electron chi connectivity index (χ4n) is 1.74. The highest BCUT2D eigenvalue weighted by atomic mass is 32.2. The van der Waals surface area contributed by atoms with Crippen molar-refractivity contribution < 1.29 is 9.53 Å². The Balaban J connectivity index is 1.79. The van der Waals surface area contributed by atoms with Crippen molar-refractivity contribution in [2.75, 3.05) is 5.75 Å². The minimum Gasteiger partial charge on any atom is -0.460 e. The Kier molecular flexibility index (Phi) is 5.42. The molecule has 3 nitrogen and oxygen atoms in total. The maximum absolute atomic E-state index is 11.7. The second-order valence-corrected chi connectivity index (χ2v) is 5.54. The lowest BCUT2D eigenvalue weighted by molar-refractivity contribution is -0.141. The van der Waals surface area contributed by atoms with Gasteiger partial charge in [0.25, 0.3) is 0 Å². The third-order valence-electron chi connectivity index (χ3n) is 2.92. The molecular formula is C17H15NO2S. The van der Waals surface area contributed by atoms with Crippen molar-refractivity contribution in [1.29, 1.82) is 5.26 Å². The van der Waals surface area contributed by atoms with Crippen molar-refractivity contribution in [2.24, 2.45) is 0 Å². The predicted molar refractivity (Wildman–Crippen MR) is 82.9 cm³/mol. The Labute approximate surface area is 128 Å². The minimum atomic E-state index is -0.243. The van der Waals surface area contributed by atoms with Crippen LogP contribution in [-0.4, -0.2) is 11.7 Å². The van der Waals surface area contributed by atoms with Gasteiger partial charge in [0, 0.05) is 4.90 Å². The highest BCUT2D eigenvalue weighted by molar-refractivity contribution is 8.00. The van der Waals surface area contributed by atoms with Crippen LogP contribution in [0.2, 0.25) is 0 Å². The van der Waals surface area contributed by atoms with Gasteiger partial charge in [0.1, 0.15) is 6.61 Å². The molecule has 0 amide bonds. The second-order valence-electron chi connectivity index (χ2n) is 4.52. The Morgan fingerprint density at radius 1 is 1.19 bits per heavy atom. The van der Waals surface area contributed by atoms with Gasteiger partial charge in [0.05, 0.1) is 17.4 Å². The molecule has 0 saturated heterocycles. The number of aryl methyl sites for hydroxylation is 1. The third-order valence-corrected chi connectivity index (χ3v) is 4.07. The molecule has 0 saturated carbocycles. The van der Waals surface area contributed by atoms with Gasteiger partial charge in [-0.1, -0.05) is 30.3 Å². The third kappa shape index (κ3) is 4.66. The van der Waals surface area contributed by atoms with Crippen molar-refractivity contribution in [2.45, 2.75) is 18.4 Å². The summed E-state index contributed by atoms with van der Waals surface area (Å²) in [6, 6.07) is 17.0. The zero-order chi connectivity index (χ0) is 15.1. The van der Waals surface area contributed by atoms with Gasteiger partial charge in [0.15, 0.2) is 0 Å². The molecule has 0 aliphatic heterocycles. The predicted octanol–water partition coefficient (Wildman–Crippen LogP) is 3.70. The van der Waals surface area contributed by atoms with Gasteiger partial charge < -0.3 is 4.74 Å². The molecule has 0 spiro atoms. The number of hydrogen-bond donors (Lipinski definition) is 0. The fraction of sp³-hybridized carbons (Fsp3) is 0.176. The van der Waals surface area contributed by atoms with Crippen molar-refractivity contribution >= 4 is 17.7 Å². The average Bonchev–Trinajstić information content (AvgIpc) is 2.52. The Morgan fingerprint density at radius 3 is 2.57 bits per heavy atom. The average molecular weight is 297 g/mol. The van der Waals surface area contributed by atoms with Crippen LogP contribution < -0.4 is 0 Å². The molecule has 0 N–H and O–H groups in total. The van der Waals surface area contributed by atoms with Crippen LogP contribution in [0.3, 0.4) is 0 Å². The molecule has 106 valence electrons. The van der Waals surface area contributed by atoms with Crippen LogP contribution >= 0.6 is 11.8 Å². The molecule has 4 heteroatoms. The van der Waals surface area contributed by atoms with Gasteiger partial charge in [-0.05, 0) is 36.2 Å². The summed E-state index contributed by atoms with van der Waals surface area (Å²) in [6.07, 6.45) is 0. The smallest absolute Gasteiger partial charge is 0.316 e. The van der Waals surface area contributed by atoms with Gasteiger partial charge in [-0.25, -0.2) is 0 Å². The van der Waals surface area contributed by atoms with Crippen molar-refractivity contribution in [3.8, 4) is 6.07 Å². The summed E-state index contributed by atoms with van der Waals surface area (Å²) in [5, 5.41) is 8.71. The van der Waals surface area contributed by atoms with Gasteiger partial charge in [0.2, 0.25) is 0 Å². The Bertz CT molecular complexity index is 659. The zero-order valence-corrected chi connectivity index (χ0v) is 12.5. The van der Waals surface area contributed by atoms with E-state index in [2.05, 4.69) is 6.07 Å². The fourth-order valence-corrected chi connectivity index (χ4v) is 2.56. The van der Waals surface area contributed by atoms with Crippen LogP contribution in [0, 0.1) is 18.3 Å². The molecule has 21 heavy (non-hydrogen) atoms. The van der Waals surface area contributed by atoms with Gasteiger partial charge in [-0.2, -0.15) is 5.26 Å². The molecule has 2 aromatic carbocycles. The van der Waals surface area contributed by atoms with Crippen molar-refractivity contribution in [3.63, 3.8) is 0 Å². The molecule has 0 bridgehead atoms. The van der Waals surface area contributed by atoms with E-state index < -0.39 is 0 Å². The molecular weight excluding hydrogens is 282 g/mol. The van der Waals surface area contributed by atoms with E-state index in [1.54, 1.807) is 24.3 Å². The number of esters is 1. The summed E-state index contributed by atoms with van der Waals surface area (Å²) in [5.41, 5.74) is 2.63. The number of carbonyl (C=O) groups excluding carboxylic acids is 1. The first kappa shape index (κ1) is 15.1. The molecule has 0 atom stereocenters. The van der Waals surface area contributed by atoms with Gasteiger partial charge in [-0.3, -0.25) is 4.79 Å². The van der Waals surface area contributed by atoms with Crippen molar-refractivity contribution in [3.05, 3.63) is 65.2 Å². The largest absolute Gasteiger partial charge is 0.460 e. The Morgan fingerprint density at radius 2 is 1.90 bits per heavy atom. The van der Waals surface area contributed by atoms with E-state index in [0.717, 1.165) is 16.0 Å². The summed E-state index contributed by atoms with van der Waals surface area (Å²) in [7, 11) is 0. The second kappa shape index (κ2) is 7.51. The maximum Gasteiger partial charge on any atom is 0.316 e. The first-order valence-corrected chi connectivity index (χ1v) is 7.50. The van der Waals surface area contributed by atoms with Crippen LogP contribution in [0.25, 0.3) is 0 Å². The van der Waals surface area contributed by atoms with E-state index in [4.69, 9.17) is 10.00 Å². The van der Waals surface area contributed by atoms with E-state index in [1.165, 1.54) is 11.8 Å². The number of thioether (sulfide) groups is 1. The molecule has 0 unspecified atom stereocenters. The van der Waals surface area contributed by atoms with Gasteiger partial charge in [-0.15, -0.1) is 11.8 Å². The van der Waals surface area contributed by atoms with Crippen LogP contribution in [0.1, 0.15) is 16.7 Å². The van der Waals surface area contributed by atoms with E-state index in [1.807, 2.05) is 31.2 Å². The first-order chi connectivity index (χ1) is 10.2. The normalized spacial score (nSPS) is 9.90. The van der Waals surface area contributed by atoms with Gasteiger partial charge >= 0.3 is 5.97 Å². The number of carbonyl (C=O) groups is 1. The van der Waals surface area contributed by atoms with E-state index in [9.17, 15) is 4.79 Å². The monoisotopic (exact) mass is 297 g/mol. The molecule has 0 aliphatic rings. The lowest BCUT2D eigenvalue weighted by Crippen LogP contribution is -2.07. The molecule has 0 radical (unpaired) electrons. The quantitative estimate of drug-likeness (QED) is 0.623. The minimum absolute atomic E-state index is 0.235. The lowest BCUT2D eigenvalue weighted by Gasteiger charge is -2.06. The maximum atomic E-state index is 11.7. The van der Waals surface area contributed by atoms with Crippen LogP contribution in [0.15, 0.2) is 53.4 Å². The van der Waals surface area contributed by atoms with E-state index >= 15 is 0 Å². The topological polar surface area (TPSA) is 50.1 Å². The SMILES string of the molecule is Cc1ccccc1SCC(=O)OCc1ccc(C#N)cc1.